The summed E-state index contributed by atoms with van der Waals surface area (Å²) >= 11 is 5.73. The van der Waals surface area contributed by atoms with Gasteiger partial charge in [0.1, 0.15) is 5.65 Å². The molecule has 0 aliphatic heterocycles. The highest BCUT2D eigenvalue weighted by atomic mass is 35.5. The van der Waals surface area contributed by atoms with E-state index in [9.17, 15) is 4.39 Å². The van der Waals surface area contributed by atoms with Crippen molar-refractivity contribution in [2.24, 2.45) is 0 Å². The van der Waals surface area contributed by atoms with E-state index in [1.165, 1.54) is 6.07 Å². The topological polar surface area (TPSA) is 29.3 Å². The van der Waals surface area contributed by atoms with Crippen LogP contribution in [0.4, 0.5) is 10.1 Å². The number of nitrogens with one attached hydrogen (secondary N) is 1. The third-order valence-corrected chi connectivity index (χ3v) is 3.12. The number of rotatable bonds is 3. The second-order valence-corrected chi connectivity index (χ2v) is 4.56. The van der Waals surface area contributed by atoms with Crippen molar-refractivity contribution < 1.29 is 4.39 Å². The second kappa shape index (κ2) is 4.90. The fourth-order valence-electron chi connectivity index (χ4n) is 1.90. The number of aromatic nitrogens is 2. The molecule has 0 fully saturated rings. The SMILES string of the molecule is Fc1c(Cl)cccc1NCc1cn2ccccc2n1. The van der Waals surface area contributed by atoms with E-state index in [1.807, 2.05) is 35.0 Å². The number of benzene rings is 1. The molecule has 0 unspecified atom stereocenters. The van der Waals surface area contributed by atoms with E-state index in [1.54, 1.807) is 12.1 Å². The Morgan fingerprint density at radius 1 is 1.21 bits per heavy atom. The Balaban J connectivity index is 1.80. The summed E-state index contributed by atoms with van der Waals surface area (Å²) in [6.45, 7) is 0.443. The van der Waals surface area contributed by atoms with Gasteiger partial charge in [-0.05, 0) is 24.3 Å². The van der Waals surface area contributed by atoms with Gasteiger partial charge in [-0.15, -0.1) is 0 Å². The minimum atomic E-state index is -0.437. The maximum atomic E-state index is 13.7. The summed E-state index contributed by atoms with van der Waals surface area (Å²) in [6.07, 6.45) is 3.83. The predicted molar refractivity (Wildman–Crippen MR) is 73.9 cm³/mol. The summed E-state index contributed by atoms with van der Waals surface area (Å²) in [6, 6.07) is 10.7. The zero-order valence-corrected chi connectivity index (χ0v) is 10.7. The van der Waals surface area contributed by atoms with Crippen LogP contribution in [0, 0.1) is 5.82 Å². The van der Waals surface area contributed by atoms with Crippen LogP contribution >= 0.6 is 11.6 Å². The third kappa shape index (κ3) is 2.39. The zero-order valence-electron chi connectivity index (χ0n) is 9.98. The molecule has 0 radical (unpaired) electrons. The van der Waals surface area contributed by atoms with E-state index in [2.05, 4.69) is 10.3 Å². The van der Waals surface area contributed by atoms with Gasteiger partial charge in [0.05, 0.1) is 22.9 Å². The first-order valence-corrected chi connectivity index (χ1v) is 6.22. The van der Waals surface area contributed by atoms with Gasteiger partial charge in [0.25, 0.3) is 0 Å². The lowest BCUT2D eigenvalue weighted by Gasteiger charge is -2.06. The molecule has 0 aliphatic rings. The number of hydrogen-bond acceptors (Lipinski definition) is 2. The average Bonchev–Trinajstić information content (AvgIpc) is 2.83. The highest BCUT2D eigenvalue weighted by Crippen LogP contribution is 2.22. The molecular weight excluding hydrogens is 265 g/mol. The molecule has 0 amide bonds. The van der Waals surface area contributed by atoms with Gasteiger partial charge in [0, 0.05) is 12.4 Å². The van der Waals surface area contributed by atoms with Crippen LogP contribution < -0.4 is 5.32 Å². The minimum absolute atomic E-state index is 0.111. The van der Waals surface area contributed by atoms with E-state index >= 15 is 0 Å². The lowest BCUT2D eigenvalue weighted by Crippen LogP contribution is -2.01. The van der Waals surface area contributed by atoms with Crippen LogP contribution in [0.2, 0.25) is 5.02 Å². The van der Waals surface area contributed by atoms with Gasteiger partial charge in [-0.2, -0.15) is 0 Å². The Morgan fingerprint density at radius 2 is 2.11 bits per heavy atom. The van der Waals surface area contributed by atoms with E-state index in [4.69, 9.17) is 11.6 Å². The largest absolute Gasteiger partial charge is 0.377 e. The lowest BCUT2D eigenvalue weighted by atomic mass is 10.3. The predicted octanol–water partition coefficient (Wildman–Crippen LogP) is 3.74. The van der Waals surface area contributed by atoms with Gasteiger partial charge in [-0.25, -0.2) is 9.37 Å². The summed E-state index contributed by atoms with van der Waals surface area (Å²) in [5.74, 6) is -0.437. The molecule has 0 aliphatic carbocycles. The van der Waals surface area contributed by atoms with Crippen LogP contribution in [0.25, 0.3) is 5.65 Å². The highest BCUT2D eigenvalue weighted by molar-refractivity contribution is 6.31. The van der Waals surface area contributed by atoms with Gasteiger partial charge >= 0.3 is 0 Å². The number of fused-ring (bicyclic) bond motifs is 1. The summed E-state index contributed by atoms with van der Waals surface area (Å²) in [5.41, 5.74) is 2.08. The van der Waals surface area contributed by atoms with Crippen LogP contribution in [0.1, 0.15) is 5.69 Å². The standard InChI is InChI=1S/C14H11ClFN3/c15-11-4-3-5-12(14(11)16)17-8-10-9-19-7-2-1-6-13(19)18-10/h1-7,9,17H,8H2. The van der Waals surface area contributed by atoms with E-state index in [-0.39, 0.29) is 5.02 Å². The first kappa shape index (κ1) is 12.0. The molecule has 0 spiro atoms. The first-order valence-electron chi connectivity index (χ1n) is 5.84. The van der Waals surface area contributed by atoms with Gasteiger partial charge in [-0.3, -0.25) is 0 Å². The van der Waals surface area contributed by atoms with Crippen LogP contribution in [0.3, 0.4) is 0 Å². The van der Waals surface area contributed by atoms with Crippen molar-refractivity contribution in [3.05, 3.63) is 65.3 Å². The van der Waals surface area contributed by atoms with Crippen molar-refractivity contribution in [2.75, 3.05) is 5.32 Å². The van der Waals surface area contributed by atoms with Crippen molar-refractivity contribution >= 4 is 22.9 Å². The van der Waals surface area contributed by atoms with Gasteiger partial charge in [0.2, 0.25) is 0 Å². The molecule has 1 aromatic carbocycles. The molecule has 3 rings (SSSR count). The van der Waals surface area contributed by atoms with Gasteiger partial charge in [0.15, 0.2) is 5.82 Å². The van der Waals surface area contributed by atoms with Crippen LogP contribution in [-0.4, -0.2) is 9.38 Å². The van der Waals surface area contributed by atoms with Crippen LogP contribution in [0.5, 0.6) is 0 Å². The normalized spacial score (nSPS) is 10.8. The average molecular weight is 276 g/mol. The van der Waals surface area contributed by atoms with Gasteiger partial charge < -0.3 is 9.72 Å². The van der Waals surface area contributed by atoms with Crippen molar-refractivity contribution in [3.8, 4) is 0 Å². The molecule has 2 aromatic heterocycles. The highest BCUT2D eigenvalue weighted by Gasteiger charge is 2.06. The summed E-state index contributed by atoms with van der Waals surface area (Å²) < 4.78 is 15.6. The second-order valence-electron chi connectivity index (χ2n) is 4.15. The van der Waals surface area contributed by atoms with Crippen molar-refractivity contribution in [1.29, 1.82) is 0 Å². The number of anilines is 1. The Bertz CT molecular complexity index is 691. The fourth-order valence-corrected chi connectivity index (χ4v) is 2.07. The van der Waals surface area contributed by atoms with Gasteiger partial charge in [-0.1, -0.05) is 23.7 Å². The molecule has 3 nitrogen and oxygen atoms in total. The molecule has 1 N–H and O–H groups in total. The quantitative estimate of drug-likeness (QED) is 0.789. The summed E-state index contributed by atoms with van der Waals surface area (Å²) in [7, 11) is 0. The first-order chi connectivity index (χ1) is 9.24. The Labute approximate surface area is 114 Å². The zero-order chi connectivity index (χ0) is 13.2. The molecule has 3 aromatic rings. The smallest absolute Gasteiger partial charge is 0.164 e. The molecule has 0 atom stereocenters. The lowest BCUT2D eigenvalue weighted by molar-refractivity contribution is 0.630. The molecule has 0 saturated carbocycles. The molecule has 0 saturated heterocycles. The molecule has 5 heteroatoms. The van der Waals surface area contributed by atoms with E-state index in [0.717, 1.165) is 11.3 Å². The maximum Gasteiger partial charge on any atom is 0.164 e. The fraction of sp³-hybridized carbons (Fsp3) is 0.0714. The molecule has 0 bridgehead atoms. The number of halogens is 2. The molecule has 96 valence electrons. The molecular formula is C14H11ClFN3. The van der Waals surface area contributed by atoms with E-state index in [0.29, 0.717) is 12.2 Å². The number of hydrogen-bond donors (Lipinski definition) is 1. The summed E-state index contributed by atoms with van der Waals surface area (Å²) in [5, 5.41) is 3.11. The van der Waals surface area contributed by atoms with Crippen molar-refractivity contribution in [2.45, 2.75) is 6.54 Å². The molecule has 19 heavy (non-hydrogen) atoms. The Hall–Kier alpha value is -2.07. The van der Waals surface area contributed by atoms with Crippen molar-refractivity contribution in [1.82, 2.24) is 9.38 Å². The monoisotopic (exact) mass is 275 g/mol. The maximum absolute atomic E-state index is 13.7. The number of nitrogens with zero attached hydrogens (tertiary/aromatic N) is 2. The van der Waals surface area contributed by atoms with E-state index < -0.39 is 5.82 Å². The Morgan fingerprint density at radius 3 is 2.95 bits per heavy atom. The minimum Gasteiger partial charge on any atom is -0.377 e. The third-order valence-electron chi connectivity index (χ3n) is 2.83. The number of pyridine rings is 1. The van der Waals surface area contributed by atoms with Crippen LogP contribution in [-0.2, 0) is 6.54 Å². The summed E-state index contributed by atoms with van der Waals surface area (Å²) in [4.78, 5) is 4.42. The molecule has 2 heterocycles. The van der Waals surface area contributed by atoms with Crippen LogP contribution in [0.15, 0.2) is 48.8 Å². The number of imidazole rings is 1. The van der Waals surface area contributed by atoms with Crippen molar-refractivity contribution in [3.63, 3.8) is 0 Å². The Kier molecular flexibility index (Phi) is 3.09.